The SMILES string of the molecule is CN(Cc1ccco1)C(=O)c1nn(-c2ccc(F)cc2)c2c1CCC2. The summed E-state index contributed by atoms with van der Waals surface area (Å²) in [6.07, 6.45) is 4.30. The number of hydrogen-bond donors (Lipinski definition) is 0. The van der Waals surface area contributed by atoms with Crippen LogP contribution in [0.5, 0.6) is 0 Å². The van der Waals surface area contributed by atoms with E-state index in [2.05, 4.69) is 5.10 Å². The van der Waals surface area contributed by atoms with Gasteiger partial charge in [0, 0.05) is 18.3 Å². The Morgan fingerprint density at radius 2 is 2.08 bits per heavy atom. The number of amides is 1. The van der Waals surface area contributed by atoms with Crippen molar-refractivity contribution < 1.29 is 13.6 Å². The van der Waals surface area contributed by atoms with E-state index in [9.17, 15) is 9.18 Å². The quantitative estimate of drug-likeness (QED) is 0.732. The molecule has 1 aliphatic carbocycles. The molecule has 0 atom stereocenters. The maximum Gasteiger partial charge on any atom is 0.274 e. The van der Waals surface area contributed by atoms with Gasteiger partial charge in [0.2, 0.25) is 0 Å². The summed E-state index contributed by atoms with van der Waals surface area (Å²) in [5, 5.41) is 4.55. The van der Waals surface area contributed by atoms with Crippen LogP contribution in [0.1, 0.15) is 33.9 Å². The number of rotatable bonds is 4. The average molecular weight is 339 g/mol. The first-order chi connectivity index (χ1) is 12.1. The van der Waals surface area contributed by atoms with Gasteiger partial charge in [0.15, 0.2) is 5.69 Å². The summed E-state index contributed by atoms with van der Waals surface area (Å²) in [7, 11) is 1.74. The molecule has 0 N–H and O–H groups in total. The molecule has 0 radical (unpaired) electrons. The maximum atomic E-state index is 13.2. The van der Waals surface area contributed by atoms with E-state index in [4.69, 9.17) is 4.42 Å². The first kappa shape index (κ1) is 15.6. The average Bonchev–Trinajstić information content (AvgIpc) is 3.32. The minimum absolute atomic E-state index is 0.129. The van der Waals surface area contributed by atoms with E-state index in [1.54, 1.807) is 41.1 Å². The first-order valence-corrected chi connectivity index (χ1v) is 8.28. The Hall–Kier alpha value is -2.89. The summed E-state index contributed by atoms with van der Waals surface area (Å²) in [6, 6.07) is 9.81. The second kappa shape index (κ2) is 6.20. The zero-order chi connectivity index (χ0) is 17.4. The number of hydrogen-bond acceptors (Lipinski definition) is 3. The van der Waals surface area contributed by atoms with Gasteiger partial charge in [0.25, 0.3) is 5.91 Å². The predicted octanol–water partition coefficient (Wildman–Crippen LogP) is 3.37. The van der Waals surface area contributed by atoms with Crippen molar-refractivity contribution in [3.8, 4) is 5.69 Å². The molecule has 25 heavy (non-hydrogen) atoms. The monoisotopic (exact) mass is 339 g/mol. The van der Waals surface area contributed by atoms with Crippen LogP contribution in [-0.4, -0.2) is 27.6 Å². The van der Waals surface area contributed by atoms with Gasteiger partial charge in [-0.3, -0.25) is 4.79 Å². The van der Waals surface area contributed by atoms with Crippen molar-refractivity contribution in [1.82, 2.24) is 14.7 Å². The molecule has 1 aliphatic rings. The number of carbonyl (C=O) groups is 1. The molecule has 3 aromatic rings. The second-order valence-corrected chi connectivity index (χ2v) is 6.26. The number of aromatic nitrogens is 2. The molecule has 0 unspecified atom stereocenters. The molecule has 1 amide bonds. The van der Waals surface area contributed by atoms with E-state index in [-0.39, 0.29) is 11.7 Å². The van der Waals surface area contributed by atoms with Gasteiger partial charge in [0.1, 0.15) is 11.6 Å². The number of halogens is 1. The molecule has 2 heterocycles. The standard InChI is InChI=1S/C19H18FN3O2/c1-22(12-15-4-3-11-25-15)19(24)18-16-5-2-6-17(16)23(21-18)14-9-7-13(20)8-10-14/h3-4,7-11H,2,5-6,12H2,1H3. The normalized spacial score (nSPS) is 13.0. The van der Waals surface area contributed by atoms with Crippen molar-refractivity contribution in [3.05, 3.63) is 71.2 Å². The van der Waals surface area contributed by atoms with E-state index < -0.39 is 0 Å². The fourth-order valence-electron chi connectivity index (χ4n) is 3.29. The zero-order valence-electron chi connectivity index (χ0n) is 13.9. The lowest BCUT2D eigenvalue weighted by Gasteiger charge is -2.14. The van der Waals surface area contributed by atoms with Crippen molar-refractivity contribution >= 4 is 5.91 Å². The molecule has 0 fully saturated rings. The Kier molecular flexibility index (Phi) is 3.87. The molecule has 2 aromatic heterocycles. The minimum Gasteiger partial charge on any atom is -0.467 e. The largest absolute Gasteiger partial charge is 0.467 e. The third kappa shape index (κ3) is 2.84. The third-order valence-electron chi connectivity index (χ3n) is 4.52. The smallest absolute Gasteiger partial charge is 0.274 e. The second-order valence-electron chi connectivity index (χ2n) is 6.26. The van der Waals surface area contributed by atoms with Gasteiger partial charge in [0.05, 0.1) is 18.5 Å². The lowest BCUT2D eigenvalue weighted by molar-refractivity contribution is 0.0768. The first-order valence-electron chi connectivity index (χ1n) is 8.28. The van der Waals surface area contributed by atoms with Gasteiger partial charge in [-0.2, -0.15) is 5.10 Å². The zero-order valence-corrected chi connectivity index (χ0v) is 13.9. The molecular formula is C19H18FN3O2. The maximum absolute atomic E-state index is 13.2. The molecule has 0 spiro atoms. The van der Waals surface area contributed by atoms with Crippen molar-refractivity contribution in [2.24, 2.45) is 0 Å². The van der Waals surface area contributed by atoms with Crippen LogP contribution in [0, 0.1) is 5.82 Å². The van der Waals surface area contributed by atoms with Gasteiger partial charge in [-0.15, -0.1) is 0 Å². The Morgan fingerprint density at radius 3 is 2.80 bits per heavy atom. The van der Waals surface area contributed by atoms with Crippen LogP contribution in [0.2, 0.25) is 0 Å². The predicted molar refractivity (Wildman–Crippen MR) is 90.1 cm³/mol. The topological polar surface area (TPSA) is 51.3 Å². The van der Waals surface area contributed by atoms with Crippen molar-refractivity contribution in [1.29, 1.82) is 0 Å². The summed E-state index contributed by atoms with van der Waals surface area (Å²) >= 11 is 0. The molecule has 4 rings (SSSR count). The Bertz CT molecular complexity index is 898. The molecular weight excluding hydrogens is 321 g/mol. The van der Waals surface area contributed by atoms with Crippen LogP contribution in [0.3, 0.4) is 0 Å². The summed E-state index contributed by atoms with van der Waals surface area (Å²) < 4.78 is 20.3. The van der Waals surface area contributed by atoms with Gasteiger partial charge >= 0.3 is 0 Å². The summed E-state index contributed by atoms with van der Waals surface area (Å²) in [5.41, 5.74) is 3.29. The van der Waals surface area contributed by atoms with E-state index >= 15 is 0 Å². The molecule has 6 heteroatoms. The van der Waals surface area contributed by atoms with Crippen LogP contribution in [-0.2, 0) is 19.4 Å². The fourth-order valence-corrected chi connectivity index (χ4v) is 3.29. The van der Waals surface area contributed by atoms with E-state index in [0.29, 0.717) is 12.2 Å². The Balaban J connectivity index is 1.67. The van der Waals surface area contributed by atoms with Gasteiger partial charge in [-0.1, -0.05) is 0 Å². The van der Waals surface area contributed by atoms with Gasteiger partial charge in [-0.25, -0.2) is 9.07 Å². The van der Waals surface area contributed by atoms with Gasteiger partial charge in [-0.05, 0) is 55.7 Å². The fraction of sp³-hybridized carbons (Fsp3) is 0.263. The number of carbonyl (C=O) groups excluding carboxylic acids is 1. The van der Waals surface area contributed by atoms with Crippen LogP contribution in [0.15, 0.2) is 47.1 Å². The molecule has 128 valence electrons. The summed E-state index contributed by atoms with van der Waals surface area (Å²) in [4.78, 5) is 14.5. The highest BCUT2D eigenvalue weighted by Gasteiger charge is 2.28. The van der Waals surface area contributed by atoms with E-state index in [0.717, 1.165) is 42.0 Å². The van der Waals surface area contributed by atoms with Crippen molar-refractivity contribution in [2.75, 3.05) is 7.05 Å². The summed E-state index contributed by atoms with van der Waals surface area (Å²) in [6.45, 7) is 0.393. The summed E-state index contributed by atoms with van der Waals surface area (Å²) in [5.74, 6) is 0.308. The minimum atomic E-state index is -0.290. The van der Waals surface area contributed by atoms with Crippen LogP contribution in [0.25, 0.3) is 5.69 Å². The van der Waals surface area contributed by atoms with Crippen molar-refractivity contribution in [3.63, 3.8) is 0 Å². The van der Waals surface area contributed by atoms with E-state index in [1.807, 2.05) is 6.07 Å². The van der Waals surface area contributed by atoms with Crippen LogP contribution in [0.4, 0.5) is 4.39 Å². The highest BCUT2D eigenvalue weighted by atomic mass is 19.1. The highest BCUT2D eigenvalue weighted by molar-refractivity contribution is 5.94. The molecule has 0 saturated heterocycles. The number of nitrogens with zero attached hydrogens (tertiary/aromatic N) is 3. The Morgan fingerprint density at radius 1 is 1.28 bits per heavy atom. The lowest BCUT2D eigenvalue weighted by Crippen LogP contribution is -2.27. The molecule has 1 aromatic carbocycles. The number of fused-ring (bicyclic) bond motifs is 1. The molecule has 0 saturated carbocycles. The molecule has 0 bridgehead atoms. The van der Waals surface area contributed by atoms with Crippen molar-refractivity contribution in [2.45, 2.75) is 25.8 Å². The van der Waals surface area contributed by atoms with Gasteiger partial charge < -0.3 is 9.32 Å². The number of furan rings is 1. The molecule has 5 nitrogen and oxygen atoms in total. The highest BCUT2D eigenvalue weighted by Crippen LogP contribution is 2.28. The molecule has 0 aliphatic heterocycles. The number of benzene rings is 1. The third-order valence-corrected chi connectivity index (χ3v) is 4.52. The lowest BCUT2D eigenvalue weighted by atomic mass is 10.2. The van der Waals surface area contributed by atoms with Crippen LogP contribution >= 0.6 is 0 Å². The van der Waals surface area contributed by atoms with Crippen LogP contribution < -0.4 is 0 Å². The Labute approximate surface area is 144 Å². The van der Waals surface area contributed by atoms with E-state index in [1.165, 1.54) is 12.1 Å².